The number of aliphatic hydroxyl groups excluding tert-OH is 1. The van der Waals surface area contributed by atoms with E-state index >= 15 is 0 Å². The number of hydrogen-bond donors (Lipinski definition) is 1. The maximum Gasteiger partial charge on any atom is 0.335 e. The summed E-state index contributed by atoms with van der Waals surface area (Å²) in [5.74, 6) is 5.29. The number of aromatic nitrogens is 18. The van der Waals surface area contributed by atoms with Gasteiger partial charge in [-0.1, -0.05) is 6.08 Å². The molecule has 3 spiro atoms. The normalized spacial score (nSPS) is 18.5. The largest absolute Gasteiger partial charge is 0.393 e. The summed E-state index contributed by atoms with van der Waals surface area (Å²) in [5, 5.41) is 36.1. The van der Waals surface area contributed by atoms with Crippen LogP contribution < -0.4 is 0 Å². The van der Waals surface area contributed by atoms with Gasteiger partial charge in [-0.2, -0.15) is 72.7 Å². The minimum atomic E-state index is -0.750. The Morgan fingerprint density at radius 3 is 1.06 bits per heavy atom. The summed E-state index contributed by atoms with van der Waals surface area (Å²) in [6.07, 6.45) is 27.9. The summed E-state index contributed by atoms with van der Waals surface area (Å²) < 4.78 is 133. The van der Waals surface area contributed by atoms with Crippen molar-refractivity contribution >= 4 is 160 Å². The third-order valence-electron chi connectivity index (χ3n) is 19.9. The van der Waals surface area contributed by atoms with E-state index in [9.17, 15) is 5.11 Å². The quantitative estimate of drug-likeness (QED) is 0.171. The fourth-order valence-electron chi connectivity index (χ4n) is 14.6. The number of aryl methyl sites for hydroxylation is 6. The van der Waals surface area contributed by atoms with Gasteiger partial charge in [-0.15, -0.1) is 0 Å². The first-order chi connectivity index (χ1) is 55.9. The van der Waals surface area contributed by atoms with Crippen molar-refractivity contribution < 1.29 is 75.6 Å². The molecule has 0 aromatic carbocycles. The summed E-state index contributed by atoms with van der Waals surface area (Å²) in [6, 6.07) is 20.6. The monoisotopic (exact) mass is 1950 g/mol. The molecule has 12 aromatic rings. The van der Waals surface area contributed by atoms with Crippen LogP contribution in [0.1, 0.15) is 172 Å². The van der Waals surface area contributed by atoms with E-state index in [1.165, 1.54) is 22.7 Å². The van der Waals surface area contributed by atoms with Crippen molar-refractivity contribution in [2.24, 2.45) is 0 Å². The van der Waals surface area contributed by atoms with Crippen LogP contribution in [0.4, 0.5) is 0 Å². The molecule has 116 heavy (non-hydrogen) atoms. The number of rotatable bonds is 4. The predicted octanol–water partition coefficient (Wildman–Crippen LogP) is 11.1. The van der Waals surface area contributed by atoms with Gasteiger partial charge in [-0.05, 0) is 229 Å². The minimum Gasteiger partial charge on any atom is -0.393 e. The number of hydrogen-bond acceptors (Lipinski definition) is 29. The second kappa shape index (κ2) is 44.8. The standard InChI is InChI=1S/C15H18BrN3O2.C15H19N3O2.C15H17N3O2.C13H16BrN3O.2C7H6BrN3.5O2S/c1-10-17-9-14-12(16)8-13(19(14)18-10)11-2-4-15(5-3-11)20-6-7-21-15;2*1-11-16-10-13-2-3-14(18(13)17-11)12-4-6-15(7-5-12)19-8-9-20-15;1-8-15-7-13-11(14)6-12(17(13)16-8)9-2-4-10(18)5-3-9;2*1-5-9-4-6-2-3-7(8)11(6)10-5;5*1-3-2/h8-9,11H,2-7H2,1H3;2-3,10,12H,4-9H2,1H3;2-4,10H,5-9H2,1H3;6-7,9-10,18H,2-5H2,1H3;2*2-4H,1H3;;;;;. The Kier molecular flexibility index (Phi) is 35.6. The summed E-state index contributed by atoms with van der Waals surface area (Å²) in [4.78, 5) is 25.1. The number of allylic oxidation sites excluding steroid dienone is 1. The van der Waals surface area contributed by atoms with Crippen molar-refractivity contribution in [2.45, 2.75) is 179 Å². The van der Waals surface area contributed by atoms with Gasteiger partial charge in [0, 0.05) is 82.3 Å². The average molecular weight is 1950 g/mol. The van der Waals surface area contributed by atoms with Gasteiger partial charge < -0.3 is 33.5 Å². The maximum atomic E-state index is 9.59. The van der Waals surface area contributed by atoms with Crippen molar-refractivity contribution in [1.29, 1.82) is 0 Å². The van der Waals surface area contributed by atoms with Gasteiger partial charge in [-0.25, -0.2) is 57.0 Å². The molecular formula is C72H82Br4N18O17S5. The molecule has 0 unspecified atom stereocenters. The molecule has 44 heteroatoms. The molecule has 12 aromatic heterocycles. The molecule has 4 aliphatic carbocycles. The van der Waals surface area contributed by atoms with E-state index < -0.39 is 57.9 Å². The van der Waals surface area contributed by atoms with Crippen LogP contribution in [-0.4, -0.2) is 198 Å². The first-order valence-corrected chi connectivity index (χ1v) is 42.8. The van der Waals surface area contributed by atoms with Crippen LogP contribution in [0.15, 0.2) is 122 Å². The van der Waals surface area contributed by atoms with Crippen molar-refractivity contribution in [1.82, 2.24) is 87.6 Å². The third kappa shape index (κ3) is 24.5. The second-order valence-corrected chi connectivity index (χ2v) is 31.1. The number of nitrogens with zero attached hydrogens (tertiary/aromatic N) is 18. The molecule has 3 saturated heterocycles. The van der Waals surface area contributed by atoms with E-state index in [1.54, 1.807) is 12.4 Å². The zero-order valence-corrected chi connectivity index (χ0v) is 74.0. The summed E-state index contributed by atoms with van der Waals surface area (Å²) in [5.41, 5.74) is 12.4. The van der Waals surface area contributed by atoms with Crippen LogP contribution in [0.5, 0.6) is 0 Å². The fraction of sp³-hybridized carbons (Fsp3) is 0.472. The first kappa shape index (κ1) is 92.1. The van der Waals surface area contributed by atoms with Gasteiger partial charge >= 0.3 is 57.9 Å². The van der Waals surface area contributed by atoms with Crippen LogP contribution in [0, 0.1) is 41.5 Å². The third-order valence-corrected chi connectivity index (χ3v) is 22.3. The highest BCUT2D eigenvalue weighted by Crippen LogP contribution is 2.45. The molecule has 0 bridgehead atoms. The highest BCUT2D eigenvalue weighted by molar-refractivity contribution is 9.11. The molecule has 35 nitrogen and oxygen atoms in total. The first-order valence-electron chi connectivity index (χ1n) is 36.3. The van der Waals surface area contributed by atoms with Crippen LogP contribution in [0.25, 0.3) is 38.7 Å². The molecule has 3 saturated carbocycles. The molecule has 7 aliphatic rings. The number of ether oxygens (including phenoxy) is 6. The van der Waals surface area contributed by atoms with E-state index in [2.05, 4.69) is 167 Å². The van der Waals surface area contributed by atoms with E-state index in [0.29, 0.717) is 31.0 Å². The average Bonchev–Trinajstić information content (AvgIpc) is 1.62. The van der Waals surface area contributed by atoms with Crippen molar-refractivity contribution in [3.8, 4) is 0 Å². The molecule has 620 valence electrons. The molecule has 0 amide bonds. The molecule has 3 aliphatic heterocycles. The lowest BCUT2D eigenvalue weighted by atomic mass is 9.83. The van der Waals surface area contributed by atoms with Crippen molar-refractivity contribution in [2.75, 3.05) is 39.6 Å². The van der Waals surface area contributed by atoms with Gasteiger partial charge in [0.25, 0.3) is 0 Å². The van der Waals surface area contributed by atoms with Gasteiger partial charge in [0.2, 0.25) is 0 Å². The van der Waals surface area contributed by atoms with Crippen molar-refractivity contribution in [3.63, 3.8) is 0 Å². The highest BCUT2D eigenvalue weighted by Gasteiger charge is 2.43. The Morgan fingerprint density at radius 1 is 0.362 bits per heavy atom. The van der Waals surface area contributed by atoms with Crippen molar-refractivity contribution in [3.05, 3.63) is 180 Å². The second-order valence-electron chi connectivity index (χ2n) is 27.0. The lowest BCUT2D eigenvalue weighted by molar-refractivity contribution is -0.179. The molecule has 0 atom stereocenters. The summed E-state index contributed by atoms with van der Waals surface area (Å²) >= 11 is 10.2. The summed E-state index contributed by atoms with van der Waals surface area (Å²) in [6.45, 7) is 15.8. The Morgan fingerprint density at radius 2 is 0.672 bits per heavy atom. The molecular weight excluding hydrogens is 1870 g/mol. The minimum absolute atomic E-state index is 0.118. The molecule has 6 fully saturated rings. The topological polar surface area (TPSA) is 427 Å². The lowest BCUT2D eigenvalue weighted by Gasteiger charge is -2.35. The summed E-state index contributed by atoms with van der Waals surface area (Å²) in [7, 11) is 0. The van der Waals surface area contributed by atoms with Gasteiger partial charge in [0.15, 0.2) is 17.4 Å². The van der Waals surface area contributed by atoms with Crippen LogP contribution in [0.3, 0.4) is 0 Å². The zero-order chi connectivity index (χ0) is 83.5. The molecule has 0 radical (unpaired) electrons. The molecule has 1 N–H and O–H groups in total. The van der Waals surface area contributed by atoms with E-state index in [4.69, 9.17) is 70.5 Å². The predicted molar refractivity (Wildman–Crippen MR) is 437 cm³/mol. The SMILES string of the molecule is Cc1ncc2c(Br)cc(C3CCC(O)CC3)n2n1.Cc1ncc2c(Br)cc(C3CCC4(CC3)OCCO4)n2n1.Cc1ncc2ccc(Br)n2n1.Cc1ncc2ccc(Br)n2n1.Cc1ncc2ccc(C3=CCC4(CC3)OCCO4)n2n1.Cc1ncc2ccc(C3CCC4(CC3)OCCO4)n2n1.O=S=O.O=S=O.O=S=O.O=S=O.O=S=O. The van der Waals surface area contributed by atoms with E-state index in [0.717, 1.165) is 215 Å². The number of fused-ring (bicyclic) bond motifs is 6. The highest BCUT2D eigenvalue weighted by atomic mass is 79.9. The van der Waals surface area contributed by atoms with Crippen LogP contribution in [0.2, 0.25) is 0 Å². The van der Waals surface area contributed by atoms with E-state index in [1.807, 2.05) is 118 Å². The number of halogens is 4. The van der Waals surface area contributed by atoms with E-state index in [-0.39, 0.29) is 23.5 Å². The van der Waals surface area contributed by atoms with Crippen LogP contribution >= 0.6 is 63.7 Å². The zero-order valence-electron chi connectivity index (χ0n) is 63.6. The van der Waals surface area contributed by atoms with Gasteiger partial charge in [-0.3, -0.25) is 0 Å². The Bertz CT molecular complexity index is 5350. The molecule has 19 rings (SSSR count). The lowest BCUT2D eigenvalue weighted by Crippen LogP contribution is -2.34. The maximum absolute atomic E-state index is 9.59. The molecule has 15 heterocycles. The smallest absolute Gasteiger partial charge is 0.335 e. The Balaban J connectivity index is 0.000000155. The van der Waals surface area contributed by atoms with Gasteiger partial charge in [0.1, 0.15) is 44.2 Å². The Labute approximate surface area is 716 Å². The van der Waals surface area contributed by atoms with Crippen LogP contribution in [-0.2, 0) is 86.3 Å². The number of aliphatic hydroxyl groups is 1. The fourth-order valence-corrected chi connectivity index (χ4v) is 16.4. The Hall–Kier alpha value is -7.80. The van der Waals surface area contributed by atoms with Gasteiger partial charge in [0.05, 0.1) is 122 Å².